The van der Waals surface area contributed by atoms with Gasteiger partial charge < -0.3 is 9.55 Å². The van der Waals surface area contributed by atoms with Crippen LogP contribution >= 0.6 is 11.3 Å². The van der Waals surface area contributed by atoms with E-state index in [1.165, 1.54) is 51.3 Å². The van der Waals surface area contributed by atoms with Crippen molar-refractivity contribution in [1.82, 2.24) is 14.5 Å². The molecule has 0 fully saturated rings. The van der Waals surface area contributed by atoms with Crippen LogP contribution in [-0.4, -0.2) is 14.5 Å². The van der Waals surface area contributed by atoms with E-state index in [-0.39, 0.29) is 31.2 Å². The second-order valence-corrected chi connectivity index (χ2v) is 14.1. The van der Waals surface area contributed by atoms with Gasteiger partial charge in [-0.15, -0.1) is 40.8 Å². The first kappa shape index (κ1) is 30.9. The third-order valence-corrected chi connectivity index (χ3v) is 10.6. The average molecular weight is 934 g/mol. The maximum Gasteiger partial charge on any atom is 0.0774 e. The van der Waals surface area contributed by atoms with Crippen molar-refractivity contribution < 1.29 is 28.3 Å². The summed E-state index contributed by atoms with van der Waals surface area (Å²) in [7, 11) is 0. The van der Waals surface area contributed by atoms with Gasteiger partial charge in [-0.3, -0.25) is 16.3 Å². The van der Waals surface area contributed by atoms with E-state index in [1.807, 2.05) is 0 Å². The third-order valence-electron chi connectivity index (χ3n) is 9.68. The Bertz CT molecular complexity index is 3010. The van der Waals surface area contributed by atoms with Crippen molar-refractivity contribution in [3.05, 3.63) is 211 Å². The van der Waals surface area contributed by atoms with Gasteiger partial charge in [0.15, 0.2) is 0 Å². The van der Waals surface area contributed by atoms with E-state index in [2.05, 4.69) is 173 Å². The quantitative estimate of drug-likeness (QED) is 0.156. The number of hydrogen-bond acceptors (Lipinski definition) is 3. The fraction of sp³-hybridized carbons (Fsp3) is 0.0385. The van der Waals surface area contributed by atoms with Crippen LogP contribution in [0.25, 0.3) is 82.8 Å². The maximum absolute atomic E-state index is 7.28. The predicted molar refractivity (Wildman–Crippen MR) is 235 cm³/mol. The number of rotatable bonds is 6. The first-order valence-electron chi connectivity index (χ1n) is 21.2. The number of benzene rings is 7. The summed E-state index contributed by atoms with van der Waals surface area (Å²) in [5, 5.41) is 4.82. The van der Waals surface area contributed by atoms with Crippen molar-refractivity contribution in [3.63, 3.8) is 0 Å². The summed E-state index contributed by atoms with van der Waals surface area (Å²) in [5.41, 5.74) is 12.7. The van der Waals surface area contributed by atoms with Crippen LogP contribution in [0.5, 0.6) is 0 Å². The summed E-state index contributed by atoms with van der Waals surface area (Å²) in [6.45, 7) is -4.34. The first-order valence-corrected chi connectivity index (χ1v) is 19.1. The van der Waals surface area contributed by atoms with Gasteiger partial charge in [0, 0.05) is 45.7 Å². The summed E-state index contributed by atoms with van der Waals surface area (Å²) in [6.07, 6.45) is 1.30. The van der Waals surface area contributed by atoms with E-state index in [1.54, 1.807) is 23.5 Å². The smallest absolute Gasteiger partial charge is 0.0774 e. The van der Waals surface area contributed by atoms with E-state index in [0.29, 0.717) is 11.3 Å². The Morgan fingerprint density at radius 1 is 0.596 bits per heavy atom. The van der Waals surface area contributed by atoms with E-state index < -0.39 is 13.7 Å². The second kappa shape index (κ2) is 16.9. The number of aromatic nitrogens is 3. The predicted octanol–water partition coefficient (Wildman–Crippen LogP) is 13.9. The van der Waals surface area contributed by atoms with Crippen LogP contribution in [0.3, 0.4) is 0 Å². The molecular weight excluding hydrogens is 891 g/mol. The fourth-order valence-electron chi connectivity index (χ4n) is 6.99. The van der Waals surface area contributed by atoms with Gasteiger partial charge in [0.25, 0.3) is 0 Å². The molecule has 0 aliphatic carbocycles. The van der Waals surface area contributed by atoms with Crippen LogP contribution in [0.4, 0.5) is 0 Å². The number of imidazole rings is 1. The standard InChI is InChI=1S/C39H25N2S.C13H12N.Ir/c1-4-13-27(14-5-1)30-23-24-37-33(25-30)34(26-42-37)39-40-35-21-10-11-22-36(35)41(39)38-31(28-15-6-2-7-16-28)19-12-20-32(38)29-17-8-3-9-18-29;1-10-3-6-12(7-4-10)13-8-5-11(2)9-14-13;/h1-25H;3-6,8-9H,1-2H3;/q2*-1;/i;1D3,2D3;. The monoisotopic (exact) mass is 934 g/mol. The molecule has 10 aromatic rings. The fourth-order valence-corrected chi connectivity index (χ4v) is 7.82. The molecule has 1 radical (unpaired) electrons. The van der Waals surface area contributed by atoms with Crippen LogP contribution < -0.4 is 0 Å². The van der Waals surface area contributed by atoms with Crippen LogP contribution in [0.1, 0.15) is 19.4 Å². The Morgan fingerprint density at radius 2 is 1.25 bits per heavy atom. The molecule has 0 saturated heterocycles. The largest absolute Gasteiger partial charge is 0.332 e. The Balaban J connectivity index is 0.000000219. The molecule has 3 aromatic heterocycles. The maximum atomic E-state index is 7.28. The molecule has 5 heteroatoms. The van der Waals surface area contributed by atoms with Crippen LogP contribution in [0.15, 0.2) is 188 Å². The molecule has 0 unspecified atom stereocenters. The molecule has 7 aromatic carbocycles. The molecule has 57 heavy (non-hydrogen) atoms. The minimum atomic E-state index is -2.18. The molecular formula is C52H37IrN3S-2. The molecule has 0 saturated carbocycles. The summed E-state index contributed by atoms with van der Waals surface area (Å²) in [6, 6.07) is 64.0. The van der Waals surface area contributed by atoms with Gasteiger partial charge in [-0.05, 0) is 52.5 Å². The van der Waals surface area contributed by atoms with Crippen molar-refractivity contribution in [2.75, 3.05) is 0 Å². The van der Waals surface area contributed by atoms with Gasteiger partial charge in [0.2, 0.25) is 0 Å². The third kappa shape index (κ3) is 7.79. The SMILES string of the molecule is [2H]C([2H])([2H])c1c[c-]c(-c2ccc(C([2H])([2H])[2H])cn2)cc1.[Ir].[c-]1sc2ccc(-c3ccccc3)cc2c1-c1nc2ccccc2n1-c1c(-c2ccccc2)cccc1-c1ccccc1. The Labute approximate surface area is 359 Å². The number of pyridine rings is 1. The minimum absolute atomic E-state index is 0. The number of nitrogens with zero attached hydrogens (tertiary/aromatic N) is 3. The molecule has 0 aliphatic heterocycles. The Kier molecular flexibility index (Phi) is 9.15. The topological polar surface area (TPSA) is 30.7 Å². The molecule has 3 nitrogen and oxygen atoms in total. The zero-order valence-corrected chi connectivity index (χ0v) is 33.7. The van der Waals surface area contributed by atoms with Crippen molar-refractivity contribution in [2.45, 2.75) is 13.7 Å². The zero-order valence-electron chi connectivity index (χ0n) is 36.5. The normalized spacial score (nSPS) is 12.8. The molecule has 3 heterocycles. The van der Waals surface area contributed by atoms with Gasteiger partial charge in [-0.25, -0.2) is 0 Å². The number of thiophene rings is 1. The second-order valence-electron chi connectivity index (χ2n) is 13.3. The van der Waals surface area contributed by atoms with Gasteiger partial charge in [-0.1, -0.05) is 174 Å². The Hall–Kier alpha value is -6.23. The number of aryl methyl sites for hydroxylation is 2. The summed E-state index contributed by atoms with van der Waals surface area (Å²) >= 11 is 1.65. The zero-order chi connectivity index (χ0) is 42.8. The molecule has 0 N–H and O–H groups in total. The molecule has 0 atom stereocenters. The van der Waals surface area contributed by atoms with E-state index in [9.17, 15) is 0 Å². The molecule has 0 bridgehead atoms. The summed E-state index contributed by atoms with van der Waals surface area (Å²) < 4.78 is 47.2. The number of para-hydroxylation sites is 3. The van der Waals surface area contributed by atoms with Gasteiger partial charge >= 0.3 is 0 Å². The molecule has 0 amide bonds. The van der Waals surface area contributed by atoms with Crippen LogP contribution in [-0.2, 0) is 20.1 Å². The summed E-state index contributed by atoms with van der Waals surface area (Å²) in [4.78, 5) is 9.37. The first-order chi connectivity index (χ1) is 30.0. The molecule has 277 valence electrons. The van der Waals surface area contributed by atoms with Gasteiger partial charge in [-0.2, -0.15) is 0 Å². The molecule has 0 spiro atoms. The van der Waals surface area contributed by atoms with E-state index in [4.69, 9.17) is 13.2 Å². The molecule has 10 rings (SSSR count). The van der Waals surface area contributed by atoms with Gasteiger partial charge in [0.1, 0.15) is 0 Å². The average Bonchev–Trinajstić information content (AvgIpc) is 3.90. The van der Waals surface area contributed by atoms with Crippen molar-refractivity contribution in [2.24, 2.45) is 0 Å². The number of hydrogen-bond donors (Lipinski definition) is 0. The van der Waals surface area contributed by atoms with Crippen LogP contribution in [0.2, 0.25) is 0 Å². The van der Waals surface area contributed by atoms with Crippen molar-refractivity contribution in [3.8, 4) is 61.7 Å². The Morgan fingerprint density at radius 3 is 1.88 bits per heavy atom. The molecule has 0 aliphatic rings. The van der Waals surface area contributed by atoms with E-state index >= 15 is 0 Å². The summed E-state index contributed by atoms with van der Waals surface area (Å²) in [5.74, 6) is 0.897. The van der Waals surface area contributed by atoms with Crippen molar-refractivity contribution in [1.29, 1.82) is 0 Å². The van der Waals surface area contributed by atoms with Crippen LogP contribution in [0, 0.1) is 25.2 Å². The van der Waals surface area contributed by atoms with Crippen molar-refractivity contribution >= 4 is 32.5 Å². The number of fused-ring (bicyclic) bond motifs is 2. The van der Waals surface area contributed by atoms with E-state index in [0.717, 1.165) is 44.6 Å². The minimum Gasteiger partial charge on any atom is -0.332 e. The van der Waals surface area contributed by atoms with Gasteiger partial charge in [0.05, 0.1) is 22.5 Å².